The van der Waals surface area contributed by atoms with E-state index >= 15 is 0 Å². The summed E-state index contributed by atoms with van der Waals surface area (Å²) >= 11 is 1.76. The highest BCUT2D eigenvalue weighted by Crippen LogP contribution is 2.55. The second-order valence-electron chi connectivity index (χ2n) is 8.22. The van der Waals surface area contributed by atoms with Gasteiger partial charge < -0.3 is 14.2 Å². The van der Waals surface area contributed by atoms with Gasteiger partial charge in [0.25, 0.3) is 0 Å². The summed E-state index contributed by atoms with van der Waals surface area (Å²) in [4.78, 5) is 8.33. The Labute approximate surface area is 170 Å². The van der Waals surface area contributed by atoms with Gasteiger partial charge in [-0.2, -0.15) is 0 Å². The van der Waals surface area contributed by atoms with E-state index in [0.29, 0.717) is 5.92 Å². The number of aromatic nitrogens is 1. The summed E-state index contributed by atoms with van der Waals surface area (Å²) in [6, 6.07) is 6.20. The van der Waals surface area contributed by atoms with E-state index in [1.165, 1.54) is 17.0 Å². The molecule has 0 amide bonds. The molecule has 2 atom stereocenters. The summed E-state index contributed by atoms with van der Waals surface area (Å²) in [6.07, 6.45) is 4.49. The summed E-state index contributed by atoms with van der Waals surface area (Å²) < 4.78 is 18.8. The maximum absolute atomic E-state index is 6.82. The highest BCUT2D eigenvalue weighted by atomic mass is 32.1. The van der Waals surface area contributed by atoms with Crippen molar-refractivity contribution < 1.29 is 14.2 Å². The lowest BCUT2D eigenvalue weighted by Crippen LogP contribution is -2.57. The first-order valence-corrected chi connectivity index (χ1v) is 11.2. The monoisotopic (exact) mass is 400 g/mol. The normalized spacial score (nSPS) is 26.4. The summed E-state index contributed by atoms with van der Waals surface area (Å²) in [7, 11) is 1.72. The van der Waals surface area contributed by atoms with E-state index in [4.69, 9.17) is 14.2 Å². The van der Waals surface area contributed by atoms with Crippen LogP contribution in [0.15, 0.2) is 23.7 Å². The molecule has 1 aromatic carbocycles. The SMILES string of the molecule is COc1cccc2c1OC1(CCN(Cc3scnc3C)CC1)[C@H]1CCCO[C@H]21. The largest absolute Gasteiger partial charge is 0.493 e. The number of para-hydroxylation sites is 1. The summed E-state index contributed by atoms with van der Waals surface area (Å²) in [5.74, 6) is 2.15. The van der Waals surface area contributed by atoms with E-state index in [1.807, 2.05) is 17.6 Å². The van der Waals surface area contributed by atoms with Crippen LogP contribution in [0, 0.1) is 12.8 Å². The molecule has 150 valence electrons. The van der Waals surface area contributed by atoms with E-state index in [1.54, 1.807) is 18.4 Å². The van der Waals surface area contributed by atoms with Gasteiger partial charge in [0.15, 0.2) is 11.5 Å². The Kier molecular flexibility index (Phi) is 4.81. The second-order valence-corrected chi connectivity index (χ2v) is 9.16. The Hall–Kier alpha value is -1.63. The molecular formula is C22H28N2O3S. The fourth-order valence-electron chi connectivity index (χ4n) is 5.18. The summed E-state index contributed by atoms with van der Waals surface area (Å²) in [6.45, 7) is 6.03. The van der Waals surface area contributed by atoms with Gasteiger partial charge in [-0.05, 0) is 25.8 Å². The molecule has 28 heavy (non-hydrogen) atoms. The molecule has 6 heteroatoms. The van der Waals surface area contributed by atoms with Crippen molar-refractivity contribution in [2.45, 2.75) is 50.9 Å². The van der Waals surface area contributed by atoms with Gasteiger partial charge in [-0.3, -0.25) is 4.90 Å². The molecule has 1 aromatic heterocycles. The van der Waals surface area contributed by atoms with Gasteiger partial charge in [-0.25, -0.2) is 4.98 Å². The Morgan fingerprint density at radius 1 is 1.32 bits per heavy atom. The van der Waals surface area contributed by atoms with Gasteiger partial charge in [-0.1, -0.05) is 12.1 Å². The molecule has 5 nitrogen and oxygen atoms in total. The van der Waals surface area contributed by atoms with Crippen molar-refractivity contribution in [3.8, 4) is 11.5 Å². The number of nitrogens with zero attached hydrogens (tertiary/aromatic N) is 2. The molecule has 1 spiro atoms. The first kappa shape index (κ1) is 18.4. The Morgan fingerprint density at radius 2 is 2.18 bits per heavy atom. The van der Waals surface area contributed by atoms with Gasteiger partial charge >= 0.3 is 0 Å². The van der Waals surface area contributed by atoms with E-state index < -0.39 is 0 Å². The van der Waals surface area contributed by atoms with Crippen LogP contribution in [0.25, 0.3) is 0 Å². The average molecular weight is 401 g/mol. The standard InChI is InChI=1S/C22H28N2O3S/c1-15-19(28-14-23-15)13-24-10-8-22(9-11-24)17-6-4-12-26-20(17)16-5-3-7-18(25-2)21(16)27-22/h3,5,7,14,17,20H,4,6,8-13H2,1-2H3/t17-,20+/m0/s1. The zero-order valence-electron chi connectivity index (χ0n) is 16.6. The number of fused-ring (bicyclic) bond motifs is 4. The molecule has 0 unspecified atom stereocenters. The lowest BCUT2D eigenvalue weighted by atomic mass is 9.70. The lowest BCUT2D eigenvalue weighted by molar-refractivity contribution is -0.150. The lowest BCUT2D eigenvalue weighted by Gasteiger charge is -2.53. The molecule has 2 fully saturated rings. The molecule has 5 rings (SSSR count). The third kappa shape index (κ3) is 3.02. The van der Waals surface area contributed by atoms with Crippen LogP contribution in [0.1, 0.15) is 47.9 Å². The minimum absolute atomic E-state index is 0.128. The van der Waals surface area contributed by atoms with Crippen LogP contribution in [0.3, 0.4) is 0 Å². The number of rotatable bonds is 3. The predicted molar refractivity (Wildman–Crippen MR) is 109 cm³/mol. The number of piperidine rings is 1. The van der Waals surface area contributed by atoms with Gasteiger partial charge in [0.2, 0.25) is 0 Å². The molecule has 0 N–H and O–H groups in total. The number of likely N-dealkylation sites (tertiary alicyclic amines) is 1. The predicted octanol–water partition coefficient (Wildman–Crippen LogP) is 4.36. The minimum atomic E-state index is -0.147. The van der Waals surface area contributed by atoms with Gasteiger partial charge in [-0.15, -0.1) is 11.3 Å². The van der Waals surface area contributed by atoms with Crippen LogP contribution in [0.4, 0.5) is 0 Å². The smallest absolute Gasteiger partial charge is 0.167 e. The number of hydrogen-bond acceptors (Lipinski definition) is 6. The number of aryl methyl sites for hydroxylation is 1. The third-order valence-corrected chi connectivity index (χ3v) is 7.67. The summed E-state index contributed by atoms with van der Waals surface area (Å²) in [5.41, 5.74) is 4.13. The van der Waals surface area contributed by atoms with Crippen molar-refractivity contribution in [3.05, 3.63) is 39.8 Å². The maximum Gasteiger partial charge on any atom is 0.167 e. The number of ether oxygens (including phenoxy) is 3. The number of methoxy groups -OCH3 is 1. The number of benzene rings is 1. The molecule has 0 aliphatic carbocycles. The Bertz CT molecular complexity index is 844. The highest BCUT2D eigenvalue weighted by molar-refractivity contribution is 7.09. The minimum Gasteiger partial charge on any atom is -0.493 e. The van der Waals surface area contributed by atoms with E-state index in [0.717, 1.165) is 62.6 Å². The van der Waals surface area contributed by atoms with Crippen LogP contribution in [0.5, 0.6) is 11.5 Å². The molecule has 4 heterocycles. The highest BCUT2D eigenvalue weighted by Gasteiger charge is 2.53. The van der Waals surface area contributed by atoms with E-state index in [-0.39, 0.29) is 11.7 Å². The molecule has 0 bridgehead atoms. The molecule has 2 aromatic rings. The Morgan fingerprint density at radius 3 is 2.93 bits per heavy atom. The van der Waals surface area contributed by atoms with Crippen molar-refractivity contribution in [2.75, 3.05) is 26.8 Å². The number of hydrogen-bond donors (Lipinski definition) is 0. The van der Waals surface area contributed by atoms with Crippen molar-refractivity contribution in [3.63, 3.8) is 0 Å². The van der Waals surface area contributed by atoms with Crippen LogP contribution in [-0.4, -0.2) is 42.3 Å². The summed E-state index contributed by atoms with van der Waals surface area (Å²) in [5, 5.41) is 0. The molecular weight excluding hydrogens is 372 g/mol. The van der Waals surface area contributed by atoms with E-state index in [9.17, 15) is 0 Å². The van der Waals surface area contributed by atoms with Crippen molar-refractivity contribution in [2.24, 2.45) is 5.92 Å². The molecule has 0 saturated carbocycles. The first-order chi connectivity index (χ1) is 13.7. The zero-order valence-corrected chi connectivity index (χ0v) is 17.5. The van der Waals surface area contributed by atoms with Gasteiger partial charge in [0.05, 0.1) is 24.4 Å². The van der Waals surface area contributed by atoms with Gasteiger partial charge in [0.1, 0.15) is 5.60 Å². The third-order valence-electron chi connectivity index (χ3n) is 6.75. The molecule has 2 saturated heterocycles. The first-order valence-electron chi connectivity index (χ1n) is 10.3. The van der Waals surface area contributed by atoms with E-state index in [2.05, 4.69) is 22.9 Å². The molecule has 3 aliphatic heterocycles. The quantitative estimate of drug-likeness (QED) is 0.766. The molecule has 3 aliphatic rings. The Balaban J connectivity index is 1.41. The van der Waals surface area contributed by atoms with Crippen LogP contribution in [-0.2, 0) is 11.3 Å². The average Bonchev–Trinajstić information content (AvgIpc) is 3.14. The van der Waals surface area contributed by atoms with Crippen LogP contribution >= 0.6 is 11.3 Å². The topological polar surface area (TPSA) is 43.8 Å². The number of thiazole rings is 1. The fourth-order valence-corrected chi connectivity index (χ4v) is 5.99. The maximum atomic E-state index is 6.82. The van der Waals surface area contributed by atoms with Crippen LogP contribution < -0.4 is 9.47 Å². The van der Waals surface area contributed by atoms with Gasteiger partial charge in [0, 0.05) is 55.4 Å². The van der Waals surface area contributed by atoms with Crippen LogP contribution in [0.2, 0.25) is 0 Å². The van der Waals surface area contributed by atoms with Crippen molar-refractivity contribution in [1.29, 1.82) is 0 Å². The zero-order chi connectivity index (χ0) is 19.1. The van der Waals surface area contributed by atoms with Crippen molar-refractivity contribution >= 4 is 11.3 Å². The second kappa shape index (κ2) is 7.32. The molecule has 0 radical (unpaired) electrons. The fraction of sp³-hybridized carbons (Fsp3) is 0.591. The van der Waals surface area contributed by atoms with Crippen molar-refractivity contribution in [1.82, 2.24) is 9.88 Å².